The van der Waals surface area contributed by atoms with Gasteiger partial charge < -0.3 is 10.4 Å². The van der Waals surface area contributed by atoms with Crippen molar-refractivity contribution in [1.29, 1.82) is 0 Å². The third-order valence-corrected chi connectivity index (χ3v) is 3.10. The Bertz CT molecular complexity index is 264. The van der Waals surface area contributed by atoms with Gasteiger partial charge in [0.15, 0.2) is 0 Å². The monoisotopic (exact) mass is 243 g/mol. The van der Waals surface area contributed by atoms with E-state index in [1.807, 2.05) is 34.6 Å². The van der Waals surface area contributed by atoms with E-state index in [1.165, 1.54) is 0 Å². The number of carboxylic acid groups (broad SMARTS) is 1. The van der Waals surface area contributed by atoms with Gasteiger partial charge in [0.25, 0.3) is 0 Å². The Balaban J connectivity index is 4.64. The molecule has 1 amide bonds. The number of carboxylic acids is 1. The van der Waals surface area contributed by atoms with E-state index in [0.29, 0.717) is 0 Å². The zero-order valence-corrected chi connectivity index (χ0v) is 11.5. The second-order valence-electron chi connectivity index (χ2n) is 5.54. The Morgan fingerprint density at radius 3 is 1.94 bits per heavy atom. The maximum atomic E-state index is 11.9. The summed E-state index contributed by atoms with van der Waals surface area (Å²) in [5.41, 5.74) is -0.250. The van der Waals surface area contributed by atoms with E-state index in [0.717, 1.165) is 12.8 Å². The number of carbonyl (C=O) groups is 2. The molecule has 1 unspecified atom stereocenters. The summed E-state index contributed by atoms with van der Waals surface area (Å²) in [6, 6.07) is -0.326. The lowest BCUT2D eigenvalue weighted by Crippen LogP contribution is -2.47. The van der Waals surface area contributed by atoms with Crippen molar-refractivity contribution in [1.82, 2.24) is 5.32 Å². The molecule has 0 aliphatic heterocycles. The van der Waals surface area contributed by atoms with Crippen molar-refractivity contribution < 1.29 is 14.7 Å². The Hall–Kier alpha value is -1.06. The molecule has 0 aliphatic carbocycles. The van der Waals surface area contributed by atoms with E-state index in [-0.39, 0.29) is 29.7 Å². The highest BCUT2D eigenvalue weighted by molar-refractivity contribution is 5.79. The number of carbonyl (C=O) groups excluding carboxylic acids is 1. The third-order valence-electron chi connectivity index (χ3n) is 3.10. The molecule has 2 N–H and O–H groups in total. The van der Waals surface area contributed by atoms with Gasteiger partial charge in [0.2, 0.25) is 5.91 Å². The summed E-state index contributed by atoms with van der Waals surface area (Å²) < 4.78 is 0. The van der Waals surface area contributed by atoms with Gasteiger partial charge in [-0.25, -0.2) is 0 Å². The number of rotatable bonds is 6. The summed E-state index contributed by atoms with van der Waals surface area (Å²) in [5.74, 6) is -0.931. The van der Waals surface area contributed by atoms with Crippen LogP contribution in [0.4, 0.5) is 0 Å². The highest BCUT2D eigenvalue weighted by Crippen LogP contribution is 2.22. The molecule has 0 saturated carbocycles. The molecule has 0 spiro atoms. The van der Waals surface area contributed by atoms with Gasteiger partial charge in [-0.3, -0.25) is 9.59 Å². The molecule has 0 radical (unpaired) electrons. The van der Waals surface area contributed by atoms with Crippen LogP contribution in [0.15, 0.2) is 0 Å². The van der Waals surface area contributed by atoms with E-state index in [1.54, 1.807) is 0 Å². The summed E-state index contributed by atoms with van der Waals surface area (Å²) in [5, 5.41) is 11.7. The average molecular weight is 243 g/mol. The van der Waals surface area contributed by atoms with E-state index < -0.39 is 5.97 Å². The van der Waals surface area contributed by atoms with Gasteiger partial charge in [0.1, 0.15) is 0 Å². The Morgan fingerprint density at radius 2 is 1.65 bits per heavy atom. The molecule has 0 aliphatic rings. The molecule has 0 bridgehead atoms. The molecule has 0 aromatic rings. The lowest BCUT2D eigenvalue weighted by molar-refractivity contribution is -0.138. The lowest BCUT2D eigenvalue weighted by Gasteiger charge is -2.31. The van der Waals surface area contributed by atoms with Crippen LogP contribution in [-0.4, -0.2) is 23.0 Å². The van der Waals surface area contributed by atoms with Crippen molar-refractivity contribution in [3.63, 3.8) is 0 Å². The Kier molecular flexibility index (Phi) is 6.21. The molecule has 0 aromatic carbocycles. The van der Waals surface area contributed by atoms with Crippen molar-refractivity contribution in [3.05, 3.63) is 0 Å². The first-order valence-electron chi connectivity index (χ1n) is 6.24. The SMILES string of the molecule is CCC(CC)C(=O)NC(CC(=O)O)C(C)(C)C. The second kappa shape index (κ2) is 6.62. The summed E-state index contributed by atoms with van der Waals surface area (Å²) >= 11 is 0. The molecule has 0 saturated heterocycles. The van der Waals surface area contributed by atoms with Crippen molar-refractivity contribution in [2.24, 2.45) is 11.3 Å². The number of aliphatic carboxylic acids is 1. The van der Waals surface area contributed by atoms with Crippen molar-refractivity contribution in [3.8, 4) is 0 Å². The van der Waals surface area contributed by atoms with Gasteiger partial charge in [-0.2, -0.15) is 0 Å². The molecular formula is C13H25NO3. The maximum Gasteiger partial charge on any atom is 0.305 e. The Labute approximate surface area is 104 Å². The van der Waals surface area contributed by atoms with E-state index in [2.05, 4.69) is 5.32 Å². The van der Waals surface area contributed by atoms with Crippen LogP contribution in [0.3, 0.4) is 0 Å². The molecule has 4 nitrogen and oxygen atoms in total. The highest BCUT2D eigenvalue weighted by atomic mass is 16.4. The zero-order valence-electron chi connectivity index (χ0n) is 11.5. The van der Waals surface area contributed by atoms with Gasteiger partial charge in [-0.15, -0.1) is 0 Å². The van der Waals surface area contributed by atoms with Gasteiger partial charge in [0, 0.05) is 12.0 Å². The van der Waals surface area contributed by atoms with Crippen LogP contribution in [0.25, 0.3) is 0 Å². The number of nitrogens with one attached hydrogen (secondary N) is 1. The summed E-state index contributed by atoms with van der Waals surface area (Å²) in [7, 11) is 0. The second-order valence-corrected chi connectivity index (χ2v) is 5.54. The largest absolute Gasteiger partial charge is 0.481 e. The van der Waals surface area contributed by atoms with Crippen LogP contribution in [-0.2, 0) is 9.59 Å². The zero-order chi connectivity index (χ0) is 13.6. The Morgan fingerprint density at radius 1 is 1.18 bits per heavy atom. The normalized spacial score (nSPS) is 13.5. The van der Waals surface area contributed by atoms with Gasteiger partial charge in [-0.1, -0.05) is 34.6 Å². The van der Waals surface area contributed by atoms with E-state index in [4.69, 9.17) is 5.11 Å². The third kappa shape index (κ3) is 5.71. The van der Waals surface area contributed by atoms with Crippen molar-refractivity contribution in [2.45, 2.75) is 59.9 Å². The summed E-state index contributed by atoms with van der Waals surface area (Å²) in [6.07, 6.45) is 1.54. The van der Waals surface area contributed by atoms with E-state index >= 15 is 0 Å². The average Bonchev–Trinajstić information content (AvgIpc) is 2.16. The smallest absolute Gasteiger partial charge is 0.305 e. The fourth-order valence-electron chi connectivity index (χ4n) is 1.70. The van der Waals surface area contributed by atoms with Gasteiger partial charge >= 0.3 is 5.97 Å². The molecule has 4 heteroatoms. The minimum Gasteiger partial charge on any atom is -0.481 e. The van der Waals surface area contributed by atoms with Gasteiger partial charge in [-0.05, 0) is 18.3 Å². The van der Waals surface area contributed by atoms with Crippen LogP contribution in [0.1, 0.15) is 53.9 Å². The predicted molar refractivity (Wildman–Crippen MR) is 67.7 cm³/mol. The lowest BCUT2D eigenvalue weighted by atomic mass is 9.84. The molecule has 100 valence electrons. The molecule has 1 atom stereocenters. The number of hydrogen-bond acceptors (Lipinski definition) is 2. The summed E-state index contributed by atoms with van der Waals surface area (Å²) in [4.78, 5) is 22.7. The first kappa shape index (κ1) is 15.9. The molecule has 0 rings (SSSR count). The van der Waals surface area contributed by atoms with Crippen molar-refractivity contribution >= 4 is 11.9 Å². The van der Waals surface area contributed by atoms with Crippen LogP contribution < -0.4 is 5.32 Å². The van der Waals surface area contributed by atoms with E-state index in [9.17, 15) is 9.59 Å². The first-order valence-corrected chi connectivity index (χ1v) is 6.24. The topological polar surface area (TPSA) is 66.4 Å². The van der Waals surface area contributed by atoms with Crippen LogP contribution in [0, 0.1) is 11.3 Å². The fraction of sp³-hybridized carbons (Fsp3) is 0.846. The van der Waals surface area contributed by atoms with Crippen LogP contribution in [0.2, 0.25) is 0 Å². The number of hydrogen-bond donors (Lipinski definition) is 2. The maximum absolute atomic E-state index is 11.9. The predicted octanol–water partition coefficient (Wildman–Crippen LogP) is 2.43. The minimum absolute atomic E-state index is 0.0198. The quantitative estimate of drug-likeness (QED) is 0.753. The molecule has 0 aromatic heterocycles. The van der Waals surface area contributed by atoms with Gasteiger partial charge in [0.05, 0.1) is 6.42 Å². The fourth-order valence-corrected chi connectivity index (χ4v) is 1.70. The first-order chi connectivity index (χ1) is 7.72. The van der Waals surface area contributed by atoms with Crippen LogP contribution in [0.5, 0.6) is 0 Å². The summed E-state index contributed by atoms with van der Waals surface area (Å²) in [6.45, 7) is 9.75. The van der Waals surface area contributed by atoms with Crippen molar-refractivity contribution in [2.75, 3.05) is 0 Å². The minimum atomic E-state index is -0.880. The molecular weight excluding hydrogens is 218 g/mol. The molecule has 0 heterocycles. The number of amides is 1. The highest BCUT2D eigenvalue weighted by Gasteiger charge is 2.29. The molecule has 0 fully saturated rings. The van der Waals surface area contributed by atoms with Crippen LogP contribution >= 0.6 is 0 Å². The standard InChI is InChI=1S/C13H25NO3/c1-6-9(7-2)12(17)14-10(8-11(15)16)13(3,4)5/h9-10H,6-8H2,1-5H3,(H,14,17)(H,15,16). The molecule has 17 heavy (non-hydrogen) atoms.